The molecule has 0 fully saturated rings. The highest BCUT2D eigenvalue weighted by atomic mass is 79.9. The number of rotatable bonds is 8. The van der Waals surface area contributed by atoms with E-state index in [1.165, 1.54) is 13.3 Å². The number of nitrogens with one attached hydrogen (secondary N) is 1. The average molecular weight is 357 g/mol. The molecule has 0 aromatic heterocycles. The minimum atomic E-state index is -0.0906. The van der Waals surface area contributed by atoms with E-state index in [9.17, 15) is 9.90 Å². The van der Waals surface area contributed by atoms with E-state index in [-0.39, 0.29) is 11.7 Å². The minimum Gasteiger partial charge on any atom is -0.503 e. The molecule has 0 saturated carbocycles. The zero-order valence-electron chi connectivity index (χ0n) is 12.4. The summed E-state index contributed by atoms with van der Waals surface area (Å²) in [6.45, 7) is 2.13. The van der Waals surface area contributed by atoms with Crippen molar-refractivity contribution in [1.29, 1.82) is 0 Å². The van der Waals surface area contributed by atoms with Crippen molar-refractivity contribution < 1.29 is 14.6 Å². The Labute approximate surface area is 133 Å². The molecule has 0 aliphatic heterocycles. The number of phenolic OH excluding ortho intramolecular Hbond substituents is 1. The lowest BCUT2D eigenvalue weighted by Crippen LogP contribution is -2.16. The van der Waals surface area contributed by atoms with Crippen molar-refractivity contribution >= 4 is 28.1 Å². The molecule has 0 unspecified atom stereocenters. The molecule has 21 heavy (non-hydrogen) atoms. The first-order valence-corrected chi connectivity index (χ1v) is 7.76. The summed E-state index contributed by atoms with van der Waals surface area (Å²) in [6.07, 6.45) is 6.25. The number of hydrogen-bond donors (Lipinski definition) is 2. The van der Waals surface area contributed by atoms with Crippen LogP contribution in [0.3, 0.4) is 0 Å². The van der Waals surface area contributed by atoms with Crippen LogP contribution in [0.2, 0.25) is 0 Å². The molecular weight excluding hydrogens is 336 g/mol. The summed E-state index contributed by atoms with van der Waals surface area (Å²) in [5.41, 5.74) is 3.20. The van der Waals surface area contributed by atoms with Gasteiger partial charge in [0.15, 0.2) is 11.5 Å². The van der Waals surface area contributed by atoms with E-state index in [1.807, 2.05) is 0 Å². The van der Waals surface area contributed by atoms with Crippen LogP contribution in [0.1, 0.15) is 44.6 Å². The number of phenols is 1. The van der Waals surface area contributed by atoms with Crippen LogP contribution in [0.5, 0.6) is 11.5 Å². The number of hydrogen-bond acceptors (Lipinski definition) is 4. The lowest BCUT2D eigenvalue weighted by molar-refractivity contribution is -0.121. The van der Waals surface area contributed by atoms with Gasteiger partial charge in [-0.3, -0.25) is 4.79 Å². The number of benzene rings is 1. The molecule has 0 aliphatic carbocycles. The topological polar surface area (TPSA) is 70.9 Å². The lowest BCUT2D eigenvalue weighted by atomic mass is 10.1. The Morgan fingerprint density at radius 3 is 2.86 bits per heavy atom. The molecule has 6 heteroatoms. The smallest absolute Gasteiger partial charge is 0.240 e. The third kappa shape index (κ3) is 6.16. The maximum Gasteiger partial charge on any atom is 0.240 e. The zero-order chi connectivity index (χ0) is 15.7. The molecular formula is C15H21BrN2O3. The van der Waals surface area contributed by atoms with Crippen LogP contribution >= 0.6 is 15.9 Å². The van der Waals surface area contributed by atoms with Gasteiger partial charge in [-0.05, 0) is 40.0 Å². The van der Waals surface area contributed by atoms with Gasteiger partial charge in [-0.15, -0.1) is 0 Å². The molecule has 2 N–H and O–H groups in total. The summed E-state index contributed by atoms with van der Waals surface area (Å²) in [5.74, 6) is 0.290. The largest absolute Gasteiger partial charge is 0.503 e. The number of hydrazone groups is 1. The van der Waals surface area contributed by atoms with Crippen molar-refractivity contribution in [2.75, 3.05) is 7.11 Å². The molecule has 0 radical (unpaired) electrons. The Kier molecular flexibility index (Phi) is 7.82. The SMILES string of the molecule is CCCCCCC(=O)N/N=C/c1cc(Br)c(O)c(OC)c1. The predicted octanol–water partition coefficient (Wildman–Crippen LogP) is 3.58. The number of methoxy groups -OCH3 is 1. The quantitative estimate of drug-likeness (QED) is 0.424. The molecule has 1 aromatic carbocycles. The summed E-state index contributed by atoms with van der Waals surface area (Å²) in [7, 11) is 1.47. The Bertz CT molecular complexity index is 504. The molecule has 1 rings (SSSR count). The second kappa shape index (κ2) is 9.39. The summed E-state index contributed by atoms with van der Waals surface area (Å²) < 4.78 is 5.55. The first kappa shape index (κ1) is 17.5. The van der Waals surface area contributed by atoms with E-state index in [0.29, 0.717) is 22.2 Å². The molecule has 5 nitrogen and oxygen atoms in total. The van der Waals surface area contributed by atoms with Crippen molar-refractivity contribution in [1.82, 2.24) is 5.43 Å². The molecule has 116 valence electrons. The zero-order valence-corrected chi connectivity index (χ0v) is 13.9. The van der Waals surface area contributed by atoms with Crippen molar-refractivity contribution in [3.8, 4) is 11.5 Å². The van der Waals surface area contributed by atoms with Crippen LogP contribution in [-0.4, -0.2) is 24.3 Å². The van der Waals surface area contributed by atoms with Crippen LogP contribution in [0.4, 0.5) is 0 Å². The molecule has 0 atom stereocenters. The number of unbranched alkanes of at least 4 members (excludes halogenated alkanes) is 3. The second-order valence-electron chi connectivity index (χ2n) is 4.66. The number of ether oxygens (including phenoxy) is 1. The number of halogens is 1. The molecule has 1 amide bonds. The van der Waals surface area contributed by atoms with Gasteiger partial charge in [-0.2, -0.15) is 5.10 Å². The van der Waals surface area contributed by atoms with Crippen LogP contribution in [0, 0.1) is 0 Å². The molecule has 0 heterocycles. The van der Waals surface area contributed by atoms with Crippen molar-refractivity contribution in [2.45, 2.75) is 39.0 Å². The van der Waals surface area contributed by atoms with Gasteiger partial charge in [0.25, 0.3) is 0 Å². The fourth-order valence-electron chi connectivity index (χ4n) is 1.77. The van der Waals surface area contributed by atoms with Crippen LogP contribution in [-0.2, 0) is 4.79 Å². The summed E-state index contributed by atoms with van der Waals surface area (Å²) >= 11 is 3.23. The molecule has 0 saturated heterocycles. The van der Waals surface area contributed by atoms with Crippen LogP contribution < -0.4 is 10.2 Å². The third-order valence-corrected chi connectivity index (χ3v) is 3.54. The summed E-state index contributed by atoms with van der Waals surface area (Å²) in [5, 5.41) is 13.6. The second-order valence-corrected chi connectivity index (χ2v) is 5.51. The van der Waals surface area contributed by atoms with E-state index in [0.717, 1.165) is 25.7 Å². The van der Waals surface area contributed by atoms with Gasteiger partial charge in [0, 0.05) is 6.42 Å². The van der Waals surface area contributed by atoms with Crippen molar-refractivity contribution in [2.24, 2.45) is 5.10 Å². The molecule has 1 aromatic rings. The average Bonchev–Trinajstić information content (AvgIpc) is 2.47. The maximum absolute atomic E-state index is 11.5. The Balaban J connectivity index is 2.50. The Hall–Kier alpha value is -1.56. The van der Waals surface area contributed by atoms with Crippen LogP contribution in [0.15, 0.2) is 21.7 Å². The van der Waals surface area contributed by atoms with Crippen molar-refractivity contribution in [3.63, 3.8) is 0 Å². The van der Waals surface area contributed by atoms with E-state index < -0.39 is 0 Å². The van der Waals surface area contributed by atoms with Crippen molar-refractivity contribution in [3.05, 3.63) is 22.2 Å². The Morgan fingerprint density at radius 1 is 1.43 bits per heavy atom. The first-order valence-electron chi connectivity index (χ1n) is 6.96. The fraction of sp³-hybridized carbons (Fsp3) is 0.467. The minimum absolute atomic E-state index is 0.0367. The molecule has 0 aliphatic rings. The summed E-state index contributed by atoms with van der Waals surface area (Å²) in [4.78, 5) is 11.5. The number of carbonyl (C=O) groups excluding carboxylic acids is 1. The number of nitrogens with zero attached hydrogens (tertiary/aromatic N) is 1. The highest BCUT2D eigenvalue weighted by Crippen LogP contribution is 2.34. The van der Waals surface area contributed by atoms with E-state index in [1.54, 1.807) is 12.1 Å². The highest BCUT2D eigenvalue weighted by Gasteiger charge is 2.07. The Morgan fingerprint density at radius 2 is 2.19 bits per heavy atom. The standard InChI is InChI=1S/C15H21BrN2O3/c1-3-4-5-6-7-14(19)18-17-10-11-8-12(16)15(20)13(9-11)21-2/h8-10,20H,3-7H2,1-2H3,(H,18,19)/b17-10+. The van der Waals surface area contributed by atoms with Crippen LogP contribution in [0.25, 0.3) is 0 Å². The van der Waals surface area contributed by atoms with Gasteiger partial charge in [0.05, 0.1) is 17.8 Å². The monoisotopic (exact) mass is 356 g/mol. The van der Waals surface area contributed by atoms with Gasteiger partial charge in [0.2, 0.25) is 5.91 Å². The maximum atomic E-state index is 11.5. The number of aromatic hydroxyl groups is 1. The molecule has 0 spiro atoms. The van der Waals surface area contributed by atoms with E-state index in [2.05, 4.69) is 33.4 Å². The summed E-state index contributed by atoms with van der Waals surface area (Å²) in [6, 6.07) is 3.33. The lowest BCUT2D eigenvalue weighted by Gasteiger charge is -2.06. The fourth-order valence-corrected chi connectivity index (χ4v) is 2.23. The van der Waals surface area contributed by atoms with E-state index in [4.69, 9.17) is 4.74 Å². The van der Waals surface area contributed by atoms with Gasteiger partial charge in [-0.1, -0.05) is 26.2 Å². The number of amides is 1. The predicted molar refractivity (Wildman–Crippen MR) is 86.9 cm³/mol. The van der Waals surface area contributed by atoms with Gasteiger partial charge < -0.3 is 9.84 Å². The van der Waals surface area contributed by atoms with Gasteiger partial charge >= 0.3 is 0 Å². The normalized spacial score (nSPS) is 10.8. The van der Waals surface area contributed by atoms with Gasteiger partial charge in [0.1, 0.15) is 0 Å². The first-order chi connectivity index (χ1) is 10.1. The molecule has 0 bridgehead atoms. The highest BCUT2D eigenvalue weighted by molar-refractivity contribution is 9.10. The third-order valence-electron chi connectivity index (χ3n) is 2.93. The number of carbonyl (C=O) groups is 1. The van der Waals surface area contributed by atoms with Gasteiger partial charge in [-0.25, -0.2) is 5.43 Å². The van der Waals surface area contributed by atoms with E-state index >= 15 is 0 Å².